The Balaban J connectivity index is 2.57. The predicted molar refractivity (Wildman–Crippen MR) is 53.5 cm³/mol. The number of ether oxygens (including phenoxy) is 1. The van der Waals surface area contributed by atoms with Gasteiger partial charge in [0.15, 0.2) is 0 Å². The van der Waals surface area contributed by atoms with Gasteiger partial charge < -0.3 is 15.6 Å². The summed E-state index contributed by atoms with van der Waals surface area (Å²) in [6.07, 6.45) is 0. The number of fused-ring (bicyclic) bond motifs is 1. The maximum absolute atomic E-state index is 10.8. The Kier molecular flexibility index (Phi) is 2.20. The summed E-state index contributed by atoms with van der Waals surface area (Å²) in [7, 11) is 0. The van der Waals surface area contributed by atoms with Crippen molar-refractivity contribution in [2.75, 3.05) is 6.61 Å². The minimum atomic E-state index is -0.973. The first-order valence-corrected chi connectivity index (χ1v) is 4.84. The summed E-state index contributed by atoms with van der Waals surface area (Å²) >= 11 is 3.17. The molecule has 0 aromatic heterocycles. The number of carboxylic acid groups (broad SMARTS) is 1. The lowest BCUT2D eigenvalue weighted by Crippen LogP contribution is -2.11. The van der Waals surface area contributed by atoms with Crippen molar-refractivity contribution in [1.82, 2.24) is 0 Å². The summed E-state index contributed by atoms with van der Waals surface area (Å²) in [5.74, 6) is -0.312. The van der Waals surface area contributed by atoms with Gasteiger partial charge >= 0.3 is 5.97 Å². The van der Waals surface area contributed by atoms with Gasteiger partial charge in [0.25, 0.3) is 0 Å². The smallest absolute Gasteiger partial charge is 0.336 e. The van der Waals surface area contributed by atoms with E-state index in [1.807, 2.05) is 0 Å². The summed E-state index contributed by atoms with van der Waals surface area (Å²) in [6, 6.07) is 2.97. The number of hydrogen-bond acceptors (Lipinski definition) is 3. The van der Waals surface area contributed by atoms with E-state index in [1.54, 1.807) is 12.1 Å². The van der Waals surface area contributed by atoms with Crippen LogP contribution in [0.1, 0.15) is 22.0 Å². The maximum Gasteiger partial charge on any atom is 0.336 e. The van der Waals surface area contributed by atoms with Gasteiger partial charge in [-0.3, -0.25) is 0 Å². The molecular weight excluding hydrogens is 250 g/mol. The number of carboxylic acids is 1. The number of benzene rings is 1. The number of nitrogens with two attached hydrogens (primary N) is 1. The first kappa shape index (κ1) is 9.48. The molecule has 3 N–H and O–H groups in total. The summed E-state index contributed by atoms with van der Waals surface area (Å²) in [5, 5.41) is 8.87. The lowest BCUT2D eigenvalue weighted by atomic mass is 10.1. The van der Waals surface area contributed by atoms with Crippen molar-refractivity contribution in [2.45, 2.75) is 6.04 Å². The van der Waals surface area contributed by atoms with Crippen molar-refractivity contribution in [3.8, 4) is 5.75 Å². The zero-order valence-electron chi connectivity index (χ0n) is 7.16. The number of rotatable bonds is 1. The number of aromatic carboxylic acids is 1. The molecule has 0 fully saturated rings. The Bertz CT molecular complexity index is 405. The molecule has 1 unspecified atom stereocenters. The highest BCUT2D eigenvalue weighted by atomic mass is 79.9. The zero-order valence-corrected chi connectivity index (χ0v) is 8.74. The molecule has 14 heavy (non-hydrogen) atoms. The molecule has 4 nitrogen and oxygen atoms in total. The van der Waals surface area contributed by atoms with E-state index in [9.17, 15) is 4.79 Å². The van der Waals surface area contributed by atoms with Crippen molar-refractivity contribution < 1.29 is 14.6 Å². The van der Waals surface area contributed by atoms with Gasteiger partial charge in [0.2, 0.25) is 0 Å². The topological polar surface area (TPSA) is 72.5 Å². The molecule has 0 saturated carbocycles. The minimum Gasteiger partial charge on any atom is -0.491 e. The molecule has 0 bridgehead atoms. The van der Waals surface area contributed by atoms with Crippen LogP contribution in [0.3, 0.4) is 0 Å². The van der Waals surface area contributed by atoms with Gasteiger partial charge in [-0.25, -0.2) is 4.79 Å². The summed E-state index contributed by atoms with van der Waals surface area (Å²) < 4.78 is 5.79. The highest BCUT2D eigenvalue weighted by molar-refractivity contribution is 9.10. The van der Waals surface area contributed by atoms with Gasteiger partial charge in [-0.05, 0) is 28.1 Å². The molecule has 0 amide bonds. The van der Waals surface area contributed by atoms with Crippen LogP contribution in [0.15, 0.2) is 16.6 Å². The quantitative estimate of drug-likeness (QED) is 0.801. The average molecular weight is 258 g/mol. The van der Waals surface area contributed by atoms with E-state index in [0.29, 0.717) is 16.8 Å². The normalized spacial score (nSPS) is 18.9. The summed E-state index contributed by atoms with van der Waals surface area (Å²) in [4.78, 5) is 10.8. The highest BCUT2D eigenvalue weighted by Gasteiger charge is 2.23. The van der Waals surface area contributed by atoms with Crippen molar-refractivity contribution in [3.63, 3.8) is 0 Å². The second-order valence-electron chi connectivity index (χ2n) is 3.09. The summed E-state index contributed by atoms with van der Waals surface area (Å²) in [5.41, 5.74) is 6.70. The van der Waals surface area contributed by atoms with E-state index >= 15 is 0 Å². The Morgan fingerprint density at radius 1 is 1.64 bits per heavy atom. The van der Waals surface area contributed by atoms with Crippen LogP contribution in [0.2, 0.25) is 0 Å². The SMILES string of the molecule is NC1COc2cc(Br)c(C(=O)O)cc21. The molecule has 2 rings (SSSR count). The van der Waals surface area contributed by atoms with Crippen molar-refractivity contribution >= 4 is 21.9 Å². The van der Waals surface area contributed by atoms with Crippen LogP contribution in [0.5, 0.6) is 5.75 Å². The summed E-state index contributed by atoms with van der Waals surface area (Å²) in [6.45, 7) is 0.408. The first-order valence-electron chi connectivity index (χ1n) is 4.04. The second kappa shape index (κ2) is 3.25. The minimum absolute atomic E-state index is 0.213. The van der Waals surface area contributed by atoms with Crippen LogP contribution in [0.4, 0.5) is 0 Å². The Labute approximate surface area is 88.8 Å². The lowest BCUT2D eigenvalue weighted by Gasteiger charge is -2.04. The molecule has 74 valence electrons. The molecule has 1 atom stereocenters. The third-order valence-electron chi connectivity index (χ3n) is 2.15. The van der Waals surface area contributed by atoms with E-state index in [0.717, 1.165) is 5.56 Å². The van der Waals surface area contributed by atoms with Crippen molar-refractivity contribution in [2.24, 2.45) is 5.73 Å². The van der Waals surface area contributed by atoms with Gasteiger partial charge in [0.1, 0.15) is 12.4 Å². The fourth-order valence-electron chi connectivity index (χ4n) is 1.42. The van der Waals surface area contributed by atoms with Gasteiger partial charge in [0.05, 0.1) is 11.6 Å². The number of halogens is 1. The third kappa shape index (κ3) is 1.38. The van der Waals surface area contributed by atoms with Gasteiger partial charge in [-0.15, -0.1) is 0 Å². The average Bonchev–Trinajstić information content (AvgIpc) is 2.46. The van der Waals surface area contributed by atoms with E-state index in [4.69, 9.17) is 15.6 Å². The van der Waals surface area contributed by atoms with Gasteiger partial charge in [-0.1, -0.05) is 0 Å². The van der Waals surface area contributed by atoms with Crippen LogP contribution in [0, 0.1) is 0 Å². The van der Waals surface area contributed by atoms with E-state index in [1.165, 1.54) is 0 Å². The molecule has 5 heteroatoms. The molecule has 1 aliphatic rings. The van der Waals surface area contributed by atoms with Crippen molar-refractivity contribution in [1.29, 1.82) is 0 Å². The molecule has 0 radical (unpaired) electrons. The standard InChI is InChI=1S/C9H8BrNO3/c10-6-2-8-5(7(11)3-14-8)1-4(6)9(12)13/h1-2,7H,3,11H2,(H,12,13). The van der Waals surface area contributed by atoms with Crippen LogP contribution >= 0.6 is 15.9 Å². The molecule has 1 aliphatic heterocycles. The van der Waals surface area contributed by atoms with Crippen LogP contribution < -0.4 is 10.5 Å². The van der Waals surface area contributed by atoms with Crippen LogP contribution in [0.25, 0.3) is 0 Å². The highest BCUT2D eigenvalue weighted by Crippen LogP contribution is 2.35. The Hall–Kier alpha value is -1.07. The zero-order chi connectivity index (χ0) is 10.3. The van der Waals surface area contributed by atoms with Crippen molar-refractivity contribution in [3.05, 3.63) is 27.7 Å². The molecule has 1 aromatic carbocycles. The van der Waals surface area contributed by atoms with Gasteiger partial charge in [0, 0.05) is 10.0 Å². The van der Waals surface area contributed by atoms with E-state index in [-0.39, 0.29) is 11.6 Å². The fourth-order valence-corrected chi connectivity index (χ4v) is 1.91. The molecule has 1 aromatic rings. The largest absolute Gasteiger partial charge is 0.491 e. The number of carbonyl (C=O) groups is 1. The first-order chi connectivity index (χ1) is 6.59. The third-order valence-corrected chi connectivity index (χ3v) is 2.80. The monoisotopic (exact) mass is 257 g/mol. The fraction of sp³-hybridized carbons (Fsp3) is 0.222. The second-order valence-corrected chi connectivity index (χ2v) is 3.95. The number of hydrogen-bond donors (Lipinski definition) is 2. The lowest BCUT2D eigenvalue weighted by molar-refractivity contribution is 0.0696. The Morgan fingerprint density at radius 3 is 3.00 bits per heavy atom. The van der Waals surface area contributed by atoms with E-state index < -0.39 is 5.97 Å². The molecule has 0 saturated heterocycles. The maximum atomic E-state index is 10.8. The molecule has 0 aliphatic carbocycles. The van der Waals surface area contributed by atoms with Gasteiger partial charge in [-0.2, -0.15) is 0 Å². The Morgan fingerprint density at radius 2 is 2.36 bits per heavy atom. The van der Waals surface area contributed by atoms with E-state index in [2.05, 4.69) is 15.9 Å². The molecule has 0 spiro atoms. The van der Waals surface area contributed by atoms with Crippen LogP contribution in [-0.2, 0) is 0 Å². The predicted octanol–water partition coefficient (Wildman–Crippen LogP) is 1.54. The molecular formula is C9H8BrNO3. The van der Waals surface area contributed by atoms with Crippen LogP contribution in [-0.4, -0.2) is 17.7 Å². The molecule has 1 heterocycles.